The third-order valence-corrected chi connectivity index (χ3v) is 3.90. The first-order valence-corrected chi connectivity index (χ1v) is 6.64. The van der Waals surface area contributed by atoms with E-state index in [0.29, 0.717) is 12.1 Å². The van der Waals surface area contributed by atoms with Crippen LogP contribution in [0.5, 0.6) is 0 Å². The first kappa shape index (κ1) is 11.9. The molecular formula is C13H23NO2. The van der Waals surface area contributed by atoms with Gasteiger partial charge < -0.3 is 10.1 Å². The van der Waals surface area contributed by atoms with Gasteiger partial charge in [0, 0.05) is 19.6 Å². The van der Waals surface area contributed by atoms with Gasteiger partial charge in [-0.3, -0.25) is 4.79 Å². The van der Waals surface area contributed by atoms with E-state index in [1.54, 1.807) is 6.92 Å². The van der Waals surface area contributed by atoms with Gasteiger partial charge in [0.15, 0.2) is 0 Å². The quantitative estimate of drug-likeness (QED) is 0.782. The van der Waals surface area contributed by atoms with Gasteiger partial charge in [-0.25, -0.2) is 0 Å². The zero-order valence-corrected chi connectivity index (χ0v) is 10.2. The number of ether oxygens (including phenoxy) is 1. The molecule has 2 aliphatic rings. The maximum absolute atomic E-state index is 11.0. The molecule has 1 aliphatic heterocycles. The highest BCUT2D eigenvalue weighted by Gasteiger charge is 2.30. The Kier molecular flexibility index (Phi) is 4.22. The lowest BCUT2D eigenvalue weighted by atomic mass is 9.82. The van der Waals surface area contributed by atoms with E-state index in [1.807, 2.05) is 0 Å². The van der Waals surface area contributed by atoms with Crippen LogP contribution in [0.25, 0.3) is 0 Å². The van der Waals surface area contributed by atoms with Gasteiger partial charge in [0.05, 0.1) is 6.10 Å². The van der Waals surface area contributed by atoms with Crippen LogP contribution in [0.4, 0.5) is 0 Å². The lowest BCUT2D eigenvalue weighted by Crippen LogP contribution is -2.43. The summed E-state index contributed by atoms with van der Waals surface area (Å²) in [4.78, 5) is 11.0. The molecule has 1 heterocycles. The van der Waals surface area contributed by atoms with Crippen molar-refractivity contribution in [3.63, 3.8) is 0 Å². The first-order chi connectivity index (χ1) is 7.75. The minimum Gasteiger partial charge on any atom is -0.378 e. The molecule has 16 heavy (non-hydrogen) atoms. The Morgan fingerprint density at radius 3 is 2.62 bits per heavy atom. The fraction of sp³-hybridized carbons (Fsp3) is 0.923. The van der Waals surface area contributed by atoms with Crippen LogP contribution in [0.15, 0.2) is 0 Å². The summed E-state index contributed by atoms with van der Waals surface area (Å²) in [5.74, 6) is 0.833. The topological polar surface area (TPSA) is 38.3 Å². The molecule has 1 aliphatic carbocycles. The second kappa shape index (κ2) is 5.67. The SMILES string of the molecule is CC(=O)N[C@@H]1CCO[C@H](C2CCCCC2)C1. The van der Waals surface area contributed by atoms with Crippen molar-refractivity contribution in [2.45, 2.75) is 64.0 Å². The average molecular weight is 225 g/mol. The van der Waals surface area contributed by atoms with Crippen molar-refractivity contribution in [3.05, 3.63) is 0 Å². The Labute approximate surface area is 97.9 Å². The number of hydrogen-bond donors (Lipinski definition) is 1. The molecule has 1 saturated heterocycles. The van der Waals surface area contributed by atoms with Crippen LogP contribution < -0.4 is 5.32 Å². The van der Waals surface area contributed by atoms with E-state index >= 15 is 0 Å². The Balaban J connectivity index is 1.83. The Hall–Kier alpha value is -0.570. The van der Waals surface area contributed by atoms with E-state index in [0.717, 1.165) is 25.4 Å². The maximum Gasteiger partial charge on any atom is 0.217 e. The summed E-state index contributed by atoms with van der Waals surface area (Å²) in [5.41, 5.74) is 0. The average Bonchev–Trinajstić information content (AvgIpc) is 2.30. The summed E-state index contributed by atoms with van der Waals surface area (Å²) < 4.78 is 5.88. The van der Waals surface area contributed by atoms with Gasteiger partial charge in [-0.1, -0.05) is 19.3 Å². The summed E-state index contributed by atoms with van der Waals surface area (Å²) >= 11 is 0. The molecule has 3 heteroatoms. The third-order valence-electron chi connectivity index (χ3n) is 3.90. The van der Waals surface area contributed by atoms with Crippen molar-refractivity contribution >= 4 is 5.91 Å². The maximum atomic E-state index is 11.0. The Morgan fingerprint density at radius 2 is 1.94 bits per heavy atom. The number of rotatable bonds is 2. The number of carbonyl (C=O) groups is 1. The predicted octanol–water partition coefficient (Wildman–Crippen LogP) is 2.25. The van der Waals surface area contributed by atoms with E-state index in [9.17, 15) is 4.79 Å². The number of hydrogen-bond acceptors (Lipinski definition) is 2. The predicted molar refractivity (Wildman–Crippen MR) is 63.2 cm³/mol. The second-order valence-corrected chi connectivity index (χ2v) is 5.23. The minimum absolute atomic E-state index is 0.0919. The van der Waals surface area contributed by atoms with Gasteiger partial charge in [0.25, 0.3) is 0 Å². The largest absolute Gasteiger partial charge is 0.378 e. The molecule has 0 bridgehead atoms. The van der Waals surface area contributed by atoms with Gasteiger partial charge >= 0.3 is 0 Å². The molecule has 0 aromatic rings. The second-order valence-electron chi connectivity index (χ2n) is 5.23. The van der Waals surface area contributed by atoms with E-state index in [-0.39, 0.29) is 5.91 Å². The number of amides is 1. The lowest BCUT2D eigenvalue weighted by molar-refractivity contribution is -0.121. The molecule has 0 aromatic heterocycles. The zero-order valence-electron chi connectivity index (χ0n) is 10.2. The summed E-state index contributed by atoms with van der Waals surface area (Å²) in [5, 5.41) is 3.03. The molecule has 1 N–H and O–H groups in total. The Morgan fingerprint density at radius 1 is 1.19 bits per heavy atom. The van der Waals surface area contributed by atoms with Crippen LogP contribution in [-0.2, 0) is 9.53 Å². The van der Waals surface area contributed by atoms with Gasteiger partial charge in [-0.15, -0.1) is 0 Å². The Bertz CT molecular complexity index is 236. The van der Waals surface area contributed by atoms with Crippen molar-refractivity contribution in [2.24, 2.45) is 5.92 Å². The van der Waals surface area contributed by atoms with Gasteiger partial charge in [0.1, 0.15) is 0 Å². The molecule has 3 nitrogen and oxygen atoms in total. The van der Waals surface area contributed by atoms with E-state index in [1.165, 1.54) is 32.1 Å². The standard InChI is InChI=1S/C13H23NO2/c1-10(15)14-12-7-8-16-13(9-12)11-5-3-2-4-6-11/h11-13H,2-9H2,1H3,(H,14,15)/t12-,13+/m1/s1. The lowest BCUT2D eigenvalue weighted by Gasteiger charge is -2.36. The minimum atomic E-state index is 0.0919. The van der Waals surface area contributed by atoms with Crippen LogP contribution in [0.2, 0.25) is 0 Å². The molecule has 0 unspecified atom stereocenters. The summed E-state index contributed by atoms with van der Waals surface area (Å²) in [6.45, 7) is 2.41. The van der Waals surface area contributed by atoms with Crippen LogP contribution >= 0.6 is 0 Å². The smallest absolute Gasteiger partial charge is 0.217 e. The monoisotopic (exact) mass is 225 g/mol. The third kappa shape index (κ3) is 3.21. The molecule has 2 fully saturated rings. The van der Waals surface area contributed by atoms with Crippen molar-refractivity contribution in [1.82, 2.24) is 5.32 Å². The summed E-state index contributed by atoms with van der Waals surface area (Å²) in [6, 6.07) is 0.346. The number of carbonyl (C=O) groups excluding carboxylic acids is 1. The van der Waals surface area contributed by atoms with E-state index in [2.05, 4.69) is 5.32 Å². The van der Waals surface area contributed by atoms with Crippen LogP contribution in [-0.4, -0.2) is 24.7 Å². The van der Waals surface area contributed by atoms with Crippen molar-refractivity contribution in [1.29, 1.82) is 0 Å². The molecule has 0 spiro atoms. The molecule has 0 aromatic carbocycles. The fourth-order valence-electron chi connectivity index (χ4n) is 3.08. The molecular weight excluding hydrogens is 202 g/mol. The molecule has 2 rings (SSSR count). The van der Waals surface area contributed by atoms with Gasteiger partial charge in [-0.05, 0) is 31.6 Å². The summed E-state index contributed by atoms with van der Waals surface area (Å²) in [6.07, 6.45) is 9.12. The van der Waals surface area contributed by atoms with Crippen molar-refractivity contribution in [3.8, 4) is 0 Å². The highest BCUT2D eigenvalue weighted by molar-refractivity contribution is 5.73. The molecule has 2 atom stereocenters. The molecule has 1 amide bonds. The normalized spacial score (nSPS) is 32.3. The highest BCUT2D eigenvalue weighted by atomic mass is 16.5. The van der Waals surface area contributed by atoms with Crippen LogP contribution in [0, 0.1) is 5.92 Å². The molecule has 0 radical (unpaired) electrons. The first-order valence-electron chi connectivity index (χ1n) is 6.64. The molecule has 1 saturated carbocycles. The fourth-order valence-corrected chi connectivity index (χ4v) is 3.08. The van der Waals surface area contributed by atoms with Crippen LogP contribution in [0.1, 0.15) is 51.9 Å². The van der Waals surface area contributed by atoms with Crippen molar-refractivity contribution in [2.75, 3.05) is 6.61 Å². The number of nitrogens with one attached hydrogen (secondary N) is 1. The van der Waals surface area contributed by atoms with E-state index in [4.69, 9.17) is 4.74 Å². The molecule has 92 valence electrons. The summed E-state index contributed by atoms with van der Waals surface area (Å²) in [7, 11) is 0. The van der Waals surface area contributed by atoms with Gasteiger partial charge in [0.2, 0.25) is 5.91 Å². The van der Waals surface area contributed by atoms with E-state index < -0.39 is 0 Å². The zero-order chi connectivity index (χ0) is 11.4. The van der Waals surface area contributed by atoms with Crippen LogP contribution in [0.3, 0.4) is 0 Å². The highest BCUT2D eigenvalue weighted by Crippen LogP contribution is 2.32. The van der Waals surface area contributed by atoms with Crippen molar-refractivity contribution < 1.29 is 9.53 Å². The van der Waals surface area contributed by atoms with Gasteiger partial charge in [-0.2, -0.15) is 0 Å².